The number of rotatable bonds is 4. The number of halogens is 2. The number of hydrogen-bond acceptors (Lipinski definition) is 2. The van der Waals surface area contributed by atoms with Gasteiger partial charge < -0.3 is 10.5 Å². The Balaban J connectivity index is 2.17. The lowest BCUT2D eigenvalue weighted by Crippen LogP contribution is -2.11. The summed E-state index contributed by atoms with van der Waals surface area (Å²) >= 11 is 4.82. The predicted octanol–water partition coefficient (Wildman–Crippen LogP) is 3.18. The maximum absolute atomic E-state index is 13.6. The van der Waals surface area contributed by atoms with Crippen LogP contribution in [0.25, 0.3) is 0 Å². The molecule has 2 aromatic rings. The smallest absolute Gasteiger partial charge is 0.165 e. The standard InChI is InChI=1S/C14H11F2NOS/c15-11-6-5-9(14(17)19)7-10(11)8-18-13-4-2-1-3-12(13)16/h1-7H,8H2,(H2,17,19). The van der Waals surface area contributed by atoms with Gasteiger partial charge in [0.15, 0.2) is 11.6 Å². The first-order chi connectivity index (χ1) is 9.08. The molecule has 0 radical (unpaired) electrons. The summed E-state index contributed by atoms with van der Waals surface area (Å²) in [6.45, 7) is -0.0940. The van der Waals surface area contributed by atoms with E-state index in [1.807, 2.05) is 0 Å². The van der Waals surface area contributed by atoms with E-state index < -0.39 is 11.6 Å². The topological polar surface area (TPSA) is 35.2 Å². The Morgan fingerprint density at radius 3 is 2.53 bits per heavy atom. The van der Waals surface area contributed by atoms with E-state index in [2.05, 4.69) is 0 Å². The molecule has 0 aliphatic carbocycles. The molecule has 0 fully saturated rings. The van der Waals surface area contributed by atoms with Crippen molar-refractivity contribution in [2.24, 2.45) is 5.73 Å². The van der Waals surface area contributed by atoms with Crippen molar-refractivity contribution in [2.75, 3.05) is 0 Å². The van der Waals surface area contributed by atoms with Crippen LogP contribution in [0.4, 0.5) is 8.78 Å². The molecule has 0 atom stereocenters. The molecule has 2 N–H and O–H groups in total. The minimum atomic E-state index is -0.492. The number of ether oxygens (including phenoxy) is 1. The van der Waals surface area contributed by atoms with Gasteiger partial charge in [-0.25, -0.2) is 8.78 Å². The van der Waals surface area contributed by atoms with Crippen molar-refractivity contribution >= 4 is 17.2 Å². The van der Waals surface area contributed by atoms with Gasteiger partial charge >= 0.3 is 0 Å². The highest BCUT2D eigenvalue weighted by Gasteiger charge is 2.08. The van der Waals surface area contributed by atoms with Gasteiger partial charge in [0.05, 0.1) is 0 Å². The molecule has 0 bridgehead atoms. The van der Waals surface area contributed by atoms with E-state index in [9.17, 15) is 8.78 Å². The molecule has 0 spiro atoms. The molecule has 0 heterocycles. The fourth-order valence-electron chi connectivity index (χ4n) is 1.56. The van der Waals surface area contributed by atoms with E-state index >= 15 is 0 Å². The van der Waals surface area contributed by atoms with Gasteiger partial charge in [0.1, 0.15) is 17.4 Å². The lowest BCUT2D eigenvalue weighted by atomic mass is 10.1. The zero-order chi connectivity index (χ0) is 13.8. The van der Waals surface area contributed by atoms with Gasteiger partial charge in [0.25, 0.3) is 0 Å². The zero-order valence-corrected chi connectivity index (χ0v) is 10.7. The summed E-state index contributed by atoms with van der Waals surface area (Å²) in [7, 11) is 0. The molecular weight excluding hydrogens is 268 g/mol. The van der Waals surface area contributed by atoms with Gasteiger partial charge in [-0.2, -0.15) is 0 Å². The Kier molecular flexibility index (Phi) is 4.06. The second-order valence-corrected chi connectivity index (χ2v) is 4.33. The Morgan fingerprint density at radius 1 is 1.11 bits per heavy atom. The van der Waals surface area contributed by atoms with Crippen LogP contribution in [-0.4, -0.2) is 4.99 Å². The largest absolute Gasteiger partial charge is 0.486 e. The maximum atomic E-state index is 13.6. The molecular formula is C14H11F2NOS. The van der Waals surface area contributed by atoms with E-state index in [4.69, 9.17) is 22.7 Å². The van der Waals surface area contributed by atoms with Crippen molar-refractivity contribution in [3.8, 4) is 5.75 Å². The van der Waals surface area contributed by atoms with Crippen LogP contribution in [0.2, 0.25) is 0 Å². The summed E-state index contributed by atoms with van der Waals surface area (Å²) in [6.07, 6.45) is 0. The quantitative estimate of drug-likeness (QED) is 0.873. The molecule has 0 unspecified atom stereocenters. The molecule has 0 aliphatic heterocycles. The molecule has 0 amide bonds. The SMILES string of the molecule is NC(=S)c1ccc(F)c(COc2ccccc2F)c1. The molecule has 2 rings (SSSR count). The Labute approximate surface area is 114 Å². The van der Waals surface area contributed by atoms with E-state index in [0.717, 1.165) is 0 Å². The summed E-state index contributed by atoms with van der Waals surface area (Å²) in [4.78, 5) is 0.173. The number of nitrogens with two attached hydrogens (primary N) is 1. The second-order valence-electron chi connectivity index (χ2n) is 3.89. The first-order valence-electron chi connectivity index (χ1n) is 5.53. The maximum Gasteiger partial charge on any atom is 0.165 e. The lowest BCUT2D eigenvalue weighted by molar-refractivity contribution is 0.285. The highest BCUT2D eigenvalue weighted by Crippen LogP contribution is 2.18. The van der Waals surface area contributed by atoms with E-state index in [0.29, 0.717) is 5.56 Å². The normalized spacial score (nSPS) is 10.2. The van der Waals surface area contributed by atoms with Crippen LogP contribution in [0.15, 0.2) is 42.5 Å². The highest BCUT2D eigenvalue weighted by molar-refractivity contribution is 7.80. The van der Waals surface area contributed by atoms with Gasteiger partial charge in [-0.15, -0.1) is 0 Å². The summed E-state index contributed by atoms with van der Waals surface area (Å²) in [5, 5.41) is 0. The van der Waals surface area contributed by atoms with E-state index in [1.165, 1.54) is 30.3 Å². The fraction of sp³-hybridized carbons (Fsp3) is 0.0714. The van der Waals surface area contributed by atoms with Crippen LogP contribution in [0.1, 0.15) is 11.1 Å². The average molecular weight is 279 g/mol. The molecule has 19 heavy (non-hydrogen) atoms. The number of thiocarbonyl (C=S) groups is 1. The number of benzene rings is 2. The molecule has 98 valence electrons. The second kappa shape index (κ2) is 5.75. The highest BCUT2D eigenvalue weighted by atomic mass is 32.1. The fourth-order valence-corrected chi connectivity index (χ4v) is 1.68. The van der Waals surface area contributed by atoms with Crippen molar-refractivity contribution in [3.05, 3.63) is 65.2 Å². The average Bonchev–Trinajstić information content (AvgIpc) is 2.39. The van der Waals surface area contributed by atoms with Crippen molar-refractivity contribution < 1.29 is 13.5 Å². The van der Waals surface area contributed by atoms with Crippen molar-refractivity contribution in [1.29, 1.82) is 0 Å². The molecule has 0 saturated carbocycles. The van der Waals surface area contributed by atoms with E-state index in [-0.39, 0.29) is 22.9 Å². The molecule has 0 saturated heterocycles. The summed E-state index contributed by atoms with van der Waals surface area (Å²) in [5.41, 5.74) is 6.29. The molecule has 0 aliphatic rings. The molecule has 2 nitrogen and oxygen atoms in total. The summed E-state index contributed by atoms with van der Waals surface area (Å²) < 4.78 is 32.2. The minimum absolute atomic E-state index is 0.0719. The zero-order valence-electron chi connectivity index (χ0n) is 9.90. The van der Waals surface area contributed by atoms with Gasteiger partial charge in [-0.1, -0.05) is 24.4 Å². The van der Waals surface area contributed by atoms with Gasteiger partial charge in [0, 0.05) is 11.1 Å². The van der Waals surface area contributed by atoms with Crippen molar-refractivity contribution in [3.63, 3.8) is 0 Å². The van der Waals surface area contributed by atoms with Gasteiger partial charge in [-0.3, -0.25) is 0 Å². The van der Waals surface area contributed by atoms with Crippen LogP contribution in [0, 0.1) is 11.6 Å². The monoisotopic (exact) mass is 279 g/mol. The molecule has 5 heteroatoms. The first-order valence-corrected chi connectivity index (χ1v) is 5.94. The van der Waals surface area contributed by atoms with E-state index in [1.54, 1.807) is 12.1 Å². The van der Waals surface area contributed by atoms with Crippen molar-refractivity contribution in [1.82, 2.24) is 0 Å². The van der Waals surface area contributed by atoms with Crippen LogP contribution in [0.3, 0.4) is 0 Å². The number of para-hydroxylation sites is 1. The Hall–Kier alpha value is -2.01. The van der Waals surface area contributed by atoms with Crippen LogP contribution < -0.4 is 10.5 Å². The Bertz CT molecular complexity index is 616. The van der Waals surface area contributed by atoms with Crippen LogP contribution in [-0.2, 0) is 6.61 Å². The van der Waals surface area contributed by atoms with Gasteiger partial charge in [-0.05, 0) is 30.3 Å². The molecule has 0 aromatic heterocycles. The lowest BCUT2D eigenvalue weighted by Gasteiger charge is -2.09. The van der Waals surface area contributed by atoms with Crippen molar-refractivity contribution in [2.45, 2.75) is 6.61 Å². The van der Waals surface area contributed by atoms with Crippen LogP contribution >= 0.6 is 12.2 Å². The number of hydrogen-bond donors (Lipinski definition) is 1. The predicted molar refractivity (Wildman–Crippen MR) is 73.0 cm³/mol. The third-order valence-corrected chi connectivity index (χ3v) is 2.79. The Morgan fingerprint density at radius 2 is 1.84 bits per heavy atom. The third kappa shape index (κ3) is 3.26. The van der Waals surface area contributed by atoms with Gasteiger partial charge in [0.2, 0.25) is 0 Å². The molecule has 2 aromatic carbocycles. The van der Waals surface area contributed by atoms with Crippen LogP contribution in [0.5, 0.6) is 5.75 Å². The summed E-state index contributed by atoms with van der Waals surface area (Å²) in [6, 6.07) is 10.2. The summed E-state index contributed by atoms with van der Waals surface area (Å²) in [5.74, 6) is -0.868. The first kappa shape index (κ1) is 13.4. The third-order valence-electron chi connectivity index (χ3n) is 2.55. The minimum Gasteiger partial charge on any atom is -0.486 e.